The number of aromatic nitrogens is 4. The Balaban J connectivity index is 1.46. The van der Waals surface area contributed by atoms with E-state index in [4.69, 9.17) is 20.9 Å². The maximum atomic E-state index is 13.2. The van der Waals surface area contributed by atoms with E-state index in [2.05, 4.69) is 20.4 Å². The summed E-state index contributed by atoms with van der Waals surface area (Å²) in [6.45, 7) is 0.509. The predicted octanol–water partition coefficient (Wildman–Crippen LogP) is 2.41. The lowest BCUT2D eigenvalue weighted by Crippen LogP contribution is -2.22. The highest BCUT2D eigenvalue weighted by molar-refractivity contribution is 7.84. The Morgan fingerprint density at radius 3 is 2.82 bits per heavy atom. The lowest BCUT2D eigenvalue weighted by atomic mass is 10.1. The minimum atomic E-state index is -3.97. The standard InChI is InChI=1S/C21H23ClN6O4S/c22-18-11-28(10-14-4-2-1-3-5-14)27-19(18)20(29)17-9-24-13-25-21(17)26-16-7-6-15(8-16)12-32-33(23,30)31/h1-5,9,11,13,15-16H,6-8,10,12H2,(H2,23,30,31)(H,24,25,26). The van der Waals surface area contributed by atoms with Crippen molar-refractivity contribution in [3.05, 3.63) is 70.9 Å². The second kappa shape index (κ2) is 9.96. The van der Waals surface area contributed by atoms with Gasteiger partial charge in [-0.1, -0.05) is 41.9 Å². The summed E-state index contributed by atoms with van der Waals surface area (Å²) < 4.78 is 28.4. The van der Waals surface area contributed by atoms with E-state index in [1.807, 2.05) is 30.3 Å². The summed E-state index contributed by atoms with van der Waals surface area (Å²) >= 11 is 6.33. The number of nitrogens with zero attached hydrogens (tertiary/aromatic N) is 4. The number of carbonyl (C=O) groups excluding carboxylic acids is 1. The average molecular weight is 491 g/mol. The number of carbonyl (C=O) groups is 1. The van der Waals surface area contributed by atoms with Gasteiger partial charge in [0.15, 0.2) is 5.69 Å². The van der Waals surface area contributed by atoms with Gasteiger partial charge in [-0.3, -0.25) is 13.7 Å². The molecule has 2 atom stereocenters. The summed E-state index contributed by atoms with van der Waals surface area (Å²) in [5.74, 6) is 0.0219. The molecule has 3 aromatic rings. The number of benzene rings is 1. The summed E-state index contributed by atoms with van der Waals surface area (Å²) in [5.41, 5.74) is 1.41. The van der Waals surface area contributed by atoms with Crippen LogP contribution in [0, 0.1) is 5.92 Å². The van der Waals surface area contributed by atoms with Crippen LogP contribution in [0.15, 0.2) is 49.1 Å². The molecule has 1 aliphatic carbocycles. The SMILES string of the molecule is NS(=O)(=O)OCC1CCC(Nc2ncncc2C(=O)c2nn(Cc3ccccc3)cc2Cl)C1. The van der Waals surface area contributed by atoms with Crippen LogP contribution in [0.5, 0.6) is 0 Å². The van der Waals surface area contributed by atoms with E-state index >= 15 is 0 Å². The van der Waals surface area contributed by atoms with Gasteiger partial charge < -0.3 is 5.32 Å². The van der Waals surface area contributed by atoms with E-state index in [0.29, 0.717) is 18.8 Å². The number of nitrogens with one attached hydrogen (secondary N) is 1. The molecular formula is C21H23ClN6O4S. The molecule has 174 valence electrons. The van der Waals surface area contributed by atoms with Crippen molar-refractivity contribution in [3.63, 3.8) is 0 Å². The van der Waals surface area contributed by atoms with Crippen LogP contribution < -0.4 is 10.5 Å². The Labute approximate surface area is 196 Å². The van der Waals surface area contributed by atoms with Crippen molar-refractivity contribution in [1.29, 1.82) is 0 Å². The van der Waals surface area contributed by atoms with Crippen LogP contribution in [-0.2, 0) is 21.0 Å². The van der Waals surface area contributed by atoms with Gasteiger partial charge in [-0.2, -0.15) is 13.5 Å². The van der Waals surface area contributed by atoms with Gasteiger partial charge >= 0.3 is 10.3 Å². The summed E-state index contributed by atoms with van der Waals surface area (Å²) in [6, 6.07) is 9.71. The first-order valence-electron chi connectivity index (χ1n) is 10.3. The fraction of sp³-hybridized carbons (Fsp3) is 0.333. The maximum absolute atomic E-state index is 13.2. The van der Waals surface area contributed by atoms with Crippen LogP contribution in [0.25, 0.3) is 0 Å². The van der Waals surface area contributed by atoms with Gasteiger partial charge in [0.25, 0.3) is 0 Å². The molecule has 2 heterocycles. The molecule has 2 unspecified atom stereocenters. The first-order valence-corrected chi connectivity index (χ1v) is 12.2. The van der Waals surface area contributed by atoms with E-state index in [1.54, 1.807) is 10.9 Å². The Hall–Kier alpha value is -2.86. The van der Waals surface area contributed by atoms with Gasteiger partial charge in [0.1, 0.15) is 12.1 Å². The molecule has 2 aromatic heterocycles. The molecule has 12 heteroatoms. The van der Waals surface area contributed by atoms with Crippen LogP contribution in [-0.4, -0.2) is 46.6 Å². The Morgan fingerprint density at radius 2 is 2.06 bits per heavy atom. The molecule has 0 bridgehead atoms. The molecule has 10 nitrogen and oxygen atoms in total. The molecule has 33 heavy (non-hydrogen) atoms. The highest BCUT2D eigenvalue weighted by Crippen LogP contribution is 2.30. The molecule has 1 saturated carbocycles. The molecule has 4 rings (SSSR count). The molecular weight excluding hydrogens is 468 g/mol. The van der Waals surface area contributed by atoms with Crippen molar-refractivity contribution in [2.45, 2.75) is 31.8 Å². The molecule has 0 radical (unpaired) electrons. The molecule has 0 aliphatic heterocycles. The van der Waals surface area contributed by atoms with Gasteiger partial charge in [-0.25, -0.2) is 15.1 Å². The molecule has 3 N–H and O–H groups in total. The van der Waals surface area contributed by atoms with E-state index < -0.39 is 10.3 Å². The van der Waals surface area contributed by atoms with Gasteiger partial charge in [-0.15, -0.1) is 0 Å². The van der Waals surface area contributed by atoms with Gasteiger partial charge in [0.2, 0.25) is 5.78 Å². The van der Waals surface area contributed by atoms with Crippen molar-refractivity contribution in [2.75, 3.05) is 11.9 Å². The smallest absolute Gasteiger partial charge is 0.333 e. The Bertz CT molecular complexity index is 1230. The summed E-state index contributed by atoms with van der Waals surface area (Å²) in [6.07, 6.45) is 6.58. The average Bonchev–Trinajstić information content (AvgIpc) is 3.38. The zero-order valence-electron chi connectivity index (χ0n) is 17.6. The number of halogens is 1. The zero-order chi connectivity index (χ0) is 23.4. The quantitative estimate of drug-likeness (QED) is 0.435. The van der Waals surface area contributed by atoms with Crippen molar-refractivity contribution < 1.29 is 17.4 Å². The number of rotatable bonds is 9. The van der Waals surface area contributed by atoms with Crippen LogP contribution >= 0.6 is 11.6 Å². The van der Waals surface area contributed by atoms with Gasteiger partial charge in [-0.05, 0) is 30.7 Å². The number of hydrogen-bond acceptors (Lipinski definition) is 8. The van der Waals surface area contributed by atoms with Crippen molar-refractivity contribution >= 4 is 33.5 Å². The largest absolute Gasteiger partial charge is 0.367 e. The first kappa shape index (κ1) is 23.3. The Morgan fingerprint density at radius 1 is 1.27 bits per heavy atom. The maximum Gasteiger partial charge on any atom is 0.333 e. The van der Waals surface area contributed by atoms with Crippen LogP contribution in [0.4, 0.5) is 5.82 Å². The normalized spacial score (nSPS) is 18.4. The second-order valence-corrected chi connectivity index (χ2v) is 9.55. The molecule has 1 aromatic carbocycles. The van der Waals surface area contributed by atoms with Gasteiger partial charge in [0.05, 0.1) is 23.7 Å². The third kappa shape index (κ3) is 6.14. The summed E-state index contributed by atoms with van der Waals surface area (Å²) in [5, 5.41) is 12.8. The molecule has 0 amide bonds. The highest BCUT2D eigenvalue weighted by atomic mass is 35.5. The predicted molar refractivity (Wildman–Crippen MR) is 122 cm³/mol. The monoisotopic (exact) mass is 490 g/mol. The lowest BCUT2D eigenvalue weighted by molar-refractivity contribution is 0.103. The third-order valence-corrected chi connectivity index (χ3v) is 6.17. The number of ketones is 1. The van der Waals surface area contributed by atoms with E-state index in [9.17, 15) is 13.2 Å². The number of nitrogens with two attached hydrogens (primary N) is 1. The summed E-state index contributed by atoms with van der Waals surface area (Å²) in [7, 11) is -3.97. The van der Waals surface area contributed by atoms with Crippen LogP contribution in [0.3, 0.4) is 0 Å². The fourth-order valence-corrected chi connectivity index (χ4v) is 4.50. The molecule has 0 saturated heterocycles. The van der Waals surface area contributed by atoms with Crippen molar-refractivity contribution in [2.24, 2.45) is 11.1 Å². The lowest BCUT2D eigenvalue weighted by Gasteiger charge is -2.15. The number of hydrogen-bond donors (Lipinski definition) is 2. The van der Waals surface area contributed by atoms with Crippen molar-refractivity contribution in [1.82, 2.24) is 19.7 Å². The minimum Gasteiger partial charge on any atom is -0.367 e. The first-order chi connectivity index (χ1) is 15.8. The van der Waals surface area contributed by atoms with E-state index in [1.165, 1.54) is 12.5 Å². The zero-order valence-corrected chi connectivity index (χ0v) is 19.2. The highest BCUT2D eigenvalue weighted by Gasteiger charge is 2.28. The van der Waals surface area contributed by atoms with Crippen LogP contribution in [0.1, 0.15) is 40.9 Å². The third-order valence-electron chi connectivity index (χ3n) is 5.43. The summed E-state index contributed by atoms with van der Waals surface area (Å²) in [4.78, 5) is 21.5. The Kier molecular flexibility index (Phi) is 7.03. The minimum absolute atomic E-state index is 0.00774. The topological polar surface area (TPSA) is 142 Å². The molecule has 0 spiro atoms. The fourth-order valence-electron chi connectivity index (χ4n) is 3.88. The van der Waals surface area contributed by atoms with Crippen LogP contribution in [0.2, 0.25) is 5.02 Å². The molecule has 1 fully saturated rings. The van der Waals surface area contributed by atoms with Gasteiger partial charge in [0, 0.05) is 18.4 Å². The number of anilines is 1. The van der Waals surface area contributed by atoms with E-state index in [-0.39, 0.29) is 40.6 Å². The van der Waals surface area contributed by atoms with Crippen molar-refractivity contribution in [3.8, 4) is 0 Å². The molecule has 1 aliphatic rings. The second-order valence-electron chi connectivity index (χ2n) is 7.92. The van der Waals surface area contributed by atoms with E-state index in [0.717, 1.165) is 18.4 Å².